The number of aliphatic hydroxyl groups is 10. The van der Waals surface area contributed by atoms with Crippen LogP contribution in [0.4, 0.5) is 0 Å². The highest BCUT2D eigenvalue weighted by atomic mass is 31.2. The van der Waals surface area contributed by atoms with Gasteiger partial charge in [0.2, 0.25) is 0 Å². The monoisotopic (exact) mass is 1360 g/mol. The molecule has 25 heteroatoms. The van der Waals surface area contributed by atoms with Crippen molar-refractivity contribution in [2.45, 2.75) is 388 Å². The first kappa shape index (κ1) is 85.2. The second-order valence-corrected chi connectivity index (χ2v) is 27.7. The van der Waals surface area contributed by atoms with Gasteiger partial charge in [-0.1, -0.05) is 245 Å². The molecule has 93 heavy (non-hydrogen) atoms. The fraction of sp³-hybridized carbons (Fsp3) is 0.956. The van der Waals surface area contributed by atoms with Crippen molar-refractivity contribution in [2.24, 2.45) is 0 Å². The average molecular weight is 1360 g/mol. The normalized spacial score (nSPS) is 28.4. The highest BCUT2D eigenvalue weighted by Crippen LogP contribution is 2.49. The van der Waals surface area contributed by atoms with Crippen LogP contribution in [0.2, 0.25) is 0 Å². The average Bonchev–Trinajstić information content (AvgIpc) is 0.784. The van der Waals surface area contributed by atoms with Crippen molar-refractivity contribution in [3.63, 3.8) is 0 Å². The minimum Gasteiger partial charge on any atom is -0.463 e. The Kier molecular flexibility index (Phi) is 46.9. The Labute approximate surface area is 555 Å². The van der Waals surface area contributed by atoms with Crippen molar-refractivity contribution in [2.75, 3.05) is 26.4 Å². The Morgan fingerprint density at radius 1 is 0.376 bits per heavy atom. The van der Waals surface area contributed by atoms with Crippen LogP contribution in [-0.2, 0) is 61.2 Å². The number of unbranched alkanes of at least 4 members (excludes halogenated alkanes) is 35. The Hall–Kier alpha value is -2.04. The zero-order chi connectivity index (χ0) is 68.2. The van der Waals surface area contributed by atoms with Crippen molar-refractivity contribution in [3.8, 4) is 0 Å². The van der Waals surface area contributed by atoms with Crippen molar-refractivity contribution < 1.29 is 117 Å². The smallest absolute Gasteiger partial charge is 0.463 e. The molecule has 2 heterocycles. The number of hydrogen-bond acceptors (Lipinski definition) is 23. The van der Waals surface area contributed by atoms with E-state index < -0.39 is 156 Å². The number of carbonyl (C=O) groups is 3. The molecule has 0 aromatic rings. The van der Waals surface area contributed by atoms with Crippen LogP contribution in [0.3, 0.4) is 0 Å². The molecule has 18 atom stereocenters. The molecule has 0 bridgehead atoms. The molecule has 0 aromatic carbocycles. The minimum atomic E-state index is -5.69. The zero-order valence-corrected chi connectivity index (χ0v) is 57.7. The van der Waals surface area contributed by atoms with Crippen LogP contribution in [0.5, 0.6) is 0 Å². The summed E-state index contributed by atoms with van der Waals surface area (Å²) in [6.45, 7) is 3.43. The van der Waals surface area contributed by atoms with E-state index in [0.29, 0.717) is 19.3 Å². The predicted molar refractivity (Wildman–Crippen MR) is 347 cm³/mol. The molecule has 11 N–H and O–H groups in total. The van der Waals surface area contributed by atoms with E-state index in [0.717, 1.165) is 89.9 Å². The molecule has 2 saturated heterocycles. The van der Waals surface area contributed by atoms with Gasteiger partial charge in [-0.25, -0.2) is 4.57 Å². The number of aliphatic hydroxyl groups excluding tert-OH is 10. The number of esters is 3. The molecule has 3 fully saturated rings. The lowest BCUT2D eigenvalue weighted by Crippen LogP contribution is -2.69. The molecular formula is C68H127O24P. The van der Waals surface area contributed by atoms with Gasteiger partial charge in [0.15, 0.2) is 18.7 Å². The van der Waals surface area contributed by atoms with E-state index in [4.69, 9.17) is 42.2 Å². The summed E-state index contributed by atoms with van der Waals surface area (Å²) in [6.07, 6.45) is 6.26. The second kappa shape index (κ2) is 51.2. The van der Waals surface area contributed by atoms with E-state index in [2.05, 4.69) is 20.8 Å². The van der Waals surface area contributed by atoms with Gasteiger partial charge in [0.1, 0.15) is 98.7 Å². The van der Waals surface area contributed by atoms with Gasteiger partial charge in [-0.15, -0.1) is 0 Å². The molecule has 3 rings (SSSR count). The first-order valence-corrected chi connectivity index (χ1v) is 37.8. The number of phosphoric ester groups is 1. The van der Waals surface area contributed by atoms with E-state index in [9.17, 15) is 74.9 Å². The minimum absolute atomic E-state index is 0.0327. The third kappa shape index (κ3) is 35.0. The van der Waals surface area contributed by atoms with Gasteiger partial charge in [0.25, 0.3) is 0 Å². The maximum Gasteiger partial charge on any atom is 0.472 e. The molecule has 0 radical (unpaired) electrons. The zero-order valence-electron chi connectivity index (χ0n) is 56.8. The van der Waals surface area contributed by atoms with Crippen LogP contribution in [0, 0.1) is 0 Å². The lowest BCUT2D eigenvalue weighted by atomic mass is 9.84. The highest BCUT2D eigenvalue weighted by Gasteiger charge is 2.58. The van der Waals surface area contributed by atoms with Crippen LogP contribution in [-0.4, -0.2) is 204 Å². The van der Waals surface area contributed by atoms with Gasteiger partial charge < -0.3 is 89.1 Å². The maximum atomic E-state index is 14.3. The highest BCUT2D eigenvalue weighted by molar-refractivity contribution is 7.47. The van der Waals surface area contributed by atoms with Crippen molar-refractivity contribution >= 4 is 25.7 Å². The van der Waals surface area contributed by atoms with Crippen LogP contribution in [0.25, 0.3) is 0 Å². The summed E-state index contributed by atoms with van der Waals surface area (Å²) in [6, 6.07) is 0. The van der Waals surface area contributed by atoms with Crippen LogP contribution in [0.15, 0.2) is 0 Å². The molecule has 0 amide bonds. The lowest BCUT2D eigenvalue weighted by Gasteiger charge is -2.49. The summed E-state index contributed by atoms with van der Waals surface area (Å²) in [7, 11) is -5.69. The Balaban J connectivity index is 1.75. The summed E-state index contributed by atoms with van der Waals surface area (Å²) >= 11 is 0. The fourth-order valence-corrected chi connectivity index (χ4v) is 13.1. The quantitative estimate of drug-likeness (QED) is 0.0117. The molecule has 1 saturated carbocycles. The molecule has 3 aliphatic rings. The summed E-state index contributed by atoms with van der Waals surface area (Å²) in [4.78, 5) is 50.8. The van der Waals surface area contributed by atoms with Crippen LogP contribution in [0.1, 0.15) is 284 Å². The third-order valence-electron chi connectivity index (χ3n) is 18.1. The van der Waals surface area contributed by atoms with Crippen molar-refractivity contribution in [1.29, 1.82) is 0 Å². The lowest BCUT2D eigenvalue weighted by molar-refractivity contribution is -0.360. The molecule has 2 aliphatic heterocycles. The molecule has 0 aromatic heterocycles. The van der Waals surface area contributed by atoms with Gasteiger partial charge in [-0.2, -0.15) is 0 Å². The van der Waals surface area contributed by atoms with Crippen LogP contribution >= 0.6 is 7.82 Å². The van der Waals surface area contributed by atoms with Gasteiger partial charge >= 0.3 is 25.7 Å². The van der Waals surface area contributed by atoms with E-state index in [1.54, 1.807) is 0 Å². The first-order valence-electron chi connectivity index (χ1n) is 36.3. The largest absolute Gasteiger partial charge is 0.472 e. The SMILES string of the molecule is CCCCCCCCCCCCCCCCCC(=O)OCC(COP(=O)(O)OC1C(OC2OC(CO)C(O)C(O)C2O)C(O)C(O)C(O)C1OC1OC(COC(=O)CCCCCCCCCCCCC)C(O)C(O)C1O)OC(=O)CCCCCCCCCCCCCC. The Morgan fingerprint density at radius 2 is 0.688 bits per heavy atom. The fourth-order valence-electron chi connectivity index (χ4n) is 12.2. The Morgan fingerprint density at radius 3 is 1.05 bits per heavy atom. The number of ether oxygens (including phenoxy) is 7. The van der Waals surface area contributed by atoms with E-state index in [1.807, 2.05) is 0 Å². The number of hydrogen-bond donors (Lipinski definition) is 11. The molecule has 24 nitrogen and oxygen atoms in total. The van der Waals surface area contributed by atoms with Gasteiger partial charge in [0.05, 0.1) is 13.2 Å². The predicted octanol–water partition coefficient (Wildman–Crippen LogP) is 9.01. The van der Waals surface area contributed by atoms with Gasteiger partial charge in [-0.3, -0.25) is 23.4 Å². The summed E-state index contributed by atoms with van der Waals surface area (Å²) in [5.41, 5.74) is 0. The number of phosphoric acid groups is 1. The Bertz CT molecular complexity index is 1940. The molecule has 1 aliphatic carbocycles. The van der Waals surface area contributed by atoms with E-state index >= 15 is 0 Å². The van der Waals surface area contributed by atoms with Crippen molar-refractivity contribution in [3.05, 3.63) is 0 Å². The second-order valence-electron chi connectivity index (χ2n) is 26.3. The molecule has 18 unspecified atom stereocenters. The molecule has 0 spiro atoms. The third-order valence-corrected chi connectivity index (χ3v) is 19.1. The van der Waals surface area contributed by atoms with Gasteiger partial charge in [-0.05, 0) is 19.3 Å². The maximum absolute atomic E-state index is 14.3. The first-order chi connectivity index (χ1) is 44.8. The molecular weight excluding hydrogens is 1230 g/mol. The number of carbonyl (C=O) groups excluding carboxylic acids is 3. The standard InChI is InChI=1S/C68H127O24P/c1-4-7-10-13-16-19-22-24-25-26-29-31-33-36-39-42-52(70)84-46-49(87-54(72)44-41-38-35-32-28-23-20-17-14-11-8-5-2)47-86-93(82,83)92-66-64(90-67-62(80)57(75)55(73)50(45-69)88-67)60(78)59(77)61(79)65(66)91-68-63(81)58(76)56(74)51(89-68)48-85-53(71)43-40-37-34-30-27-21-18-15-12-9-6-3/h49-51,55-69,73-81H,4-48H2,1-3H3,(H,82,83). The summed E-state index contributed by atoms with van der Waals surface area (Å²) in [5, 5.41) is 110. The topological polar surface area (TPSA) is 374 Å². The van der Waals surface area contributed by atoms with E-state index in [1.165, 1.54) is 135 Å². The van der Waals surface area contributed by atoms with E-state index in [-0.39, 0.29) is 19.3 Å². The molecule has 548 valence electrons. The van der Waals surface area contributed by atoms with Gasteiger partial charge in [0, 0.05) is 19.3 Å². The van der Waals surface area contributed by atoms with Crippen molar-refractivity contribution in [1.82, 2.24) is 0 Å². The van der Waals surface area contributed by atoms with Crippen LogP contribution < -0.4 is 0 Å². The summed E-state index contributed by atoms with van der Waals surface area (Å²) in [5.74, 6) is -1.98. The summed E-state index contributed by atoms with van der Waals surface area (Å²) < 4.78 is 64.9. The number of rotatable bonds is 56.